The van der Waals surface area contributed by atoms with Crippen molar-refractivity contribution in [1.82, 2.24) is 9.80 Å². The van der Waals surface area contributed by atoms with Crippen molar-refractivity contribution >= 4 is 5.91 Å². The molecule has 0 unspecified atom stereocenters. The molecular formula is C10H17N3O. The number of piperazine rings is 1. The molecule has 1 saturated heterocycles. The van der Waals surface area contributed by atoms with E-state index in [2.05, 4.69) is 23.6 Å². The largest absolute Gasteiger partial charge is 0.334 e. The smallest absolute Gasteiger partial charge is 0.302 e. The minimum atomic E-state index is -0.0246. The van der Waals surface area contributed by atoms with Crippen LogP contribution in [0.4, 0.5) is 0 Å². The van der Waals surface area contributed by atoms with Gasteiger partial charge in [-0.05, 0) is 13.8 Å². The molecule has 0 aromatic heterocycles. The van der Waals surface area contributed by atoms with Gasteiger partial charge in [-0.1, -0.05) is 0 Å². The van der Waals surface area contributed by atoms with Crippen LogP contribution in [-0.2, 0) is 4.79 Å². The summed E-state index contributed by atoms with van der Waals surface area (Å²) in [6.45, 7) is 14.4. The van der Waals surface area contributed by atoms with Crippen LogP contribution in [0.25, 0.3) is 4.85 Å². The predicted octanol–water partition coefficient (Wildman–Crippen LogP) is 0.458. The van der Waals surface area contributed by atoms with Gasteiger partial charge < -0.3 is 9.74 Å². The van der Waals surface area contributed by atoms with Crippen LogP contribution in [0, 0.1) is 6.57 Å². The van der Waals surface area contributed by atoms with Crippen molar-refractivity contribution in [1.29, 1.82) is 0 Å². The molecule has 0 radical (unpaired) electrons. The maximum Gasteiger partial charge on any atom is 0.302 e. The van der Waals surface area contributed by atoms with Gasteiger partial charge in [0, 0.05) is 32.2 Å². The van der Waals surface area contributed by atoms with Crippen molar-refractivity contribution in [2.45, 2.75) is 19.9 Å². The van der Waals surface area contributed by atoms with E-state index in [0.29, 0.717) is 6.04 Å². The molecule has 1 fully saturated rings. The molecule has 0 saturated carbocycles. The zero-order valence-electron chi connectivity index (χ0n) is 8.86. The summed E-state index contributed by atoms with van der Waals surface area (Å²) < 4.78 is 0. The van der Waals surface area contributed by atoms with E-state index in [9.17, 15) is 4.79 Å². The lowest BCUT2D eigenvalue weighted by Crippen LogP contribution is -2.51. The molecule has 0 aliphatic carbocycles. The highest BCUT2D eigenvalue weighted by Gasteiger charge is 2.23. The maximum atomic E-state index is 11.4. The fourth-order valence-corrected chi connectivity index (χ4v) is 1.66. The minimum absolute atomic E-state index is 0.00167. The zero-order valence-corrected chi connectivity index (χ0v) is 8.86. The third kappa shape index (κ3) is 2.71. The lowest BCUT2D eigenvalue weighted by molar-refractivity contribution is -0.131. The molecule has 0 atom stereocenters. The van der Waals surface area contributed by atoms with Gasteiger partial charge in [-0.2, -0.15) is 0 Å². The van der Waals surface area contributed by atoms with E-state index in [-0.39, 0.29) is 12.5 Å². The molecule has 14 heavy (non-hydrogen) atoms. The van der Waals surface area contributed by atoms with Crippen LogP contribution in [0.15, 0.2) is 0 Å². The molecule has 1 rings (SSSR count). The van der Waals surface area contributed by atoms with Crippen molar-refractivity contribution < 1.29 is 4.79 Å². The van der Waals surface area contributed by atoms with Crippen LogP contribution >= 0.6 is 0 Å². The second-order valence-corrected chi connectivity index (χ2v) is 3.83. The summed E-state index contributed by atoms with van der Waals surface area (Å²) in [5.41, 5.74) is 0. The van der Waals surface area contributed by atoms with Gasteiger partial charge in [0.05, 0.1) is 0 Å². The molecule has 1 heterocycles. The molecule has 78 valence electrons. The summed E-state index contributed by atoms with van der Waals surface area (Å²) in [6.07, 6.45) is 0. The van der Waals surface area contributed by atoms with Crippen LogP contribution in [0.5, 0.6) is 0 Å². The number of hydrogen-bond donors (Lipinski definition) is 0. The summed E-state index contributed by atoms with van der Waals surface area (Å²) in [5, 5.41) is 0. The summed E-state index contributed by atoms with van der Waals surface area (Å²) in [7, 11) is 0. The molecule has 1 aliphatic rings. The molecule has 4 nitrogen and oxygen atoms in total. The van der Waals surface area contributed by atoms with E-state index in [1.165, 1.54) is 0 Å². The first-order valence-electron chi connectivity index (χ1n) is 5.00. The SMILES string of the molecule is [C-]#[N+]CC(=O)N1CCN(C(C)C)CC1. The van der Waals surface area contributed by atoms with E-state index < -0.39 is 0 Å². The van der Waals surface area contributed by atoms with Crippen molar-refractivity contribution in [3.8, 4) is 0 Å². The molecule has 0 spiro atoms. The summed E-state index contributed by atoms with van der Waals surface area (Å²) in [5.74, 6) is -0.0246. The number of nitrogens with zero attached hydrogens (tertiary/aromatic N) is 3. The van der Waals surface area contributed by atoms with Crippen LogP contribution < -0.4 is 0 Å². The number of carbonyl (C=O) groups excluding carboxylic acids is 1. The van der Waals surface area contributed by atoms with Crippen LogP contribution in [-0.4, -0.2) is 54.5 Å². The van der Waals surface area contributed by atoms with E-state index in [0.717, 1.165) is 26.2 Å². The minimum Gasteiger partial charge on any atom is -0.334 e. The second kappa shape index (κ2) is 4.97. The van der Waals surface area contributed by atoms with Crippen LogP contribution in [0.2, 0.25) is 0 Å². The lowest BCUT2D eigenvalue weighted by Gasteiger charge is -2.36. The summed E-state index contributed by atoms with van der Waals surface area (Å²) in [6, 6.07) is 0.549. The molecule has 4 heteroatoms. The highest BCUT2D eigenvalue weighted by Crippen LogP contribution is 2.05. The van der Waals surface area contributed by atoms with Gasteiger partial charge >= 0.3 is 5.91 Å². The first kappa shape index (κ1) is 11.0. The fraction of sp³-hybridized carbons (Fsp3) is 0.800. The zero-order chi connectivity index (χ0) is 10.6. The first-order valence-corrected chi connectivity index (χ1v) is 5.00. The summed E-state index contributed by atoms with van der Waals surface area (Å²) in [4.78, 5) is 18.6. The third-order valence-electron chi connectivity index (χ3n) is 2.61. The Labute approximate surface area is 85.3 Å². The van der Waals surface area contributed by atoms with Crippen molar-refractivity contribution in [3.63, 3.8) is 0 Å². The topological polar surface area (TPSA) is 27.9 Å². The Bertz CT molecular complexity index is 236. The monoisotopic (exact) mass is 195 g/mol. The van der Waals surface area contributed by atoms with E-state index >= 15 is 0 Å². The number of hydrogen-bond acceptors (Lipinski definition) is 2. The van der Waals surface area contributed by atoms with Crippen molar-refractivity contribution in [2.24, 2.45) is 0 Å². The second-order valence-electron chi connectivity index (χ2n) is 3.83. The lowest BCUT2D eigenvalue weighted by atomic mass is 10.2. The van der Waals surface area contributed by atoms with E-state index in [1.807, 2.05) is 0 Å². The van der Waals surface area contributed by atoms with Crippen molar-refractivity contribution in [3.05, 3.63) is 11.4 Å². The highest BCUT2D eigenvalue weighted by molar-refractivity contribution is 5.79. The number of rotatable bonds is 2. The quantitative estimate of drug-likeness (QED) is 0.599. The van der Waals surface area contributed by atoms with Crippen LogP contribution in [0.1, 0.15) is 13.8 Å². The first-order chi connectivity index (χ1) is 6.65. The standard InChI is InChI=1S/C10H17N3O/c1-9(2)12-4-6-13(7-5-12)10(14)8-11-3/h9H,4-8H2,1-2H3. The highest BCUT2D eigenvalue weighted by atomic mass is 16.2. The van der Waals surface area contributed by atoms with Gasteiger partial charge in [0.15, 0.2) is 0 Å². The Balaban J connectivity index is 2.36. The average molecular weight is 195 g/mol. The Kier molecular flexibility index (Phi) is 3.90. The maximum absolute atomic E-state index is 11.4. The number of amides is 1. The molecular weight excluding hydrogens is 178 g/mol. The molecule has 1 aliphatic heterocycles. The van der Waals surface area contributed by atoms with Gasteiger partial charge in [0.25, 0.3) is 6.54 Å². The summed E-state index contributed by atoms with van der Waals surface area (Å²) >= 11 is 0. The number of carbonyl (C=O) groups is 1. The van der Waals surface area contributed by atoms with Crippen LogP contribution in [0.3, 0.4) is 0 Å². The normalized spacial score (nSPS) is 18.3. The third-order valence-corrected chi connectivity index (χ3v) is 2.61. The van der Waals surface area contributed by atoms with Gasteiger partial charge in [-0.15, -0.1) is 0 Å². The van der Waals surface area contributed by atoms with Gasteiger partial charge in [-0.3, -0.25) is 9.69 Å². The van der Waals surface area contributed by atoms with E-state index in [1.54, 1.807) is 4.90 Å². The Morgan fingerprint density at radius 1 is 1.36 bits per heavy atom. The van der Waals surface area contributed by atoms with Gasteiger partial charge in [0.2, 0.25) is 0 Å². The van der Waals surface area contributed by atoms with E-state index in [4.69, 9.17) is 6.57 Å². The predicted molar refractivity (Wildman–Crippen MR) is 54.8 cm³/mol. The fourth-order valence-electron chi connectivity index (χ4n) is 1.66. The Hall–Kier alpha value is -1.08. The average Bonchev–Trinajstić information content (AvgIpc) is 2.18. The van der Waals surface area contributed by atoms with Crippen molar-refractivity contribution in [2.75, 3.05) is 32.7 Å². The molecule has 0 bridgehead atoms. The Morgan fingerprint density at radius 2 is 1.93 bits per heavy atom. The van der Waals surface area contributed by atoms with Gasteiger partial charge in [0.1, 0.15) is 0 Å². The Morgan fingerprint density at radius 3 is 2.36 bits per heavy atom. The molecule has 0 aromatic carbocycles. The molecule has 1 amide bonds. The molecule has 0 N–H and O–H groups in total. The van der Waals surface area contributed by atoms with Gasteiger partial charge in [-0.25, -0.2) is 6.57 Å². The molecule has 0 aromatic rings.